The Labute approximate surface area is 110 Å². The topological polar surface area (TPSA) is 77.8 Å². The van der Waals surface area contributed by atoms with E-state index >= 15 is 0 Å². The Bertz CT molecular complexity index is 453. The van der Waals surface area contributed by atoms with E-state index in [2.05, 4.69) is 15.9 Å². The first-order valence-corrected chi connectivity index (χ1v) is 6.15. The molecule has 0 spiro atoms. The number of hydrogen-bond acceptors (Lipinski definition) is 3. The predicted octanol–water partition coefficient (Wildman–Crippen LogP) is 1.84. The van der Waals surface area contributed by atoms with Crippen LogP contribution in [0.1, 0.15) is 28.4 Å². The summed E-state index contributed by atoms with van der Waals surface area (Å²) in [5, 5.41) is 28.2. The fourth-order valence-electron chi connectivity index (χ4n) is 1.43. The van der Waals surface area contributed by atoms with Crippen LogP contribution in [0.3, 0.4) is 0 Å². The van der Waals surface area contributed by atoms with Crippen molar-refractivity contribution in [2.45, 2.75) is 18.6 Å². The lowest BCUT2D eigenvalue weighted by Gasteiger charge is -2.18. The lowest BCUT2D eigenvalue weighted by Crippen LogP contribution is -2.20. The standard InChI is InChI=1S/C11H11BrF2O4/c12-2-1-9(15)10(16)5-3-6(11(17)18)8(14)4-7(5)13/h3-4,9-10,15-16H,1-2H2,(H,17,18). The summed E-state index contributed by atoms with van der Waals surface area (Å²) in [4.78, 5) is 10.7. The molecule has 3 N–H and O–H groups in total. The van der Waals surface area contributed by atoms with E-state index in [1.165, 1.54) is 0 Å². The Hall–Kier alpha value is -1.05. The first-order valence-electron chi connectivity index (χ1n) is 5.02. The fourth-order valence-corrected chi connectivity index (χ4v) is 1.90. The predicted molar refractivity (Wildman–Crippen MR) is 62.7 cm³/mol. The molecular formula is C11H11BrF2O4. The summed E-state index contributed by atoms with van der Waals surface area (Å²) in [5.74, 6) is -3.90. The zero-order valence-corrected chi connectivity index (χ0v) is 10.7. The average Bonchev–Trinajstić information content (AvgIpc) is 2.28. The molecule has 2 unspecified atom stereocenters. The van der Waals surface area contributed by atoms with Crippen LogP contribution in [0.25, 0.3) is 0 Å². The van der Waals surface area contributed by atoms with Crippen molar-refractivity contribution in [3.05, 3.63) is 34.9 Å². The van der Waals surface area contributed by atoms with Gasteiger partial charge < -0.3 is 15.3 Å². The number of carboxylic acids is 1. The van der Waals surface area contributed by atoms with Gasteiger partial charge in [-0.3, -0.25) is 0 Å². The van der Waals surface area contributed by atoms with Crippen LogP contribution in [0.4, 0.5) is 8.78 Å². The summed E-state index contributed by atoms with van der Waals surface area (Å²) >= 11 is 3.04. The lowest BCUT2D eigenvalue weighted by molar-refractivity contribution is 0.0151. The van der Waals surface area contributed by atoms with E-state index in [9.17, 15) is 23.8 Å². The number of aliphatic hydroxyl groups excluding tert-OH is 2. The van der Waals surface area contributed by atoms with Crippen LogP contribution in [0.15, 0.2) is 12.1 Å². The van der Waals surface area contributed by atoms with Crippen LogP contribution < -0.4 is 0 Å². The fraction of sp³-hybridized carbons (Fsp3) is 0.364. The quantitative estimate of drug-likeness (QED) is 0.722. The van der Waals surface area contributed by atoms with Crippen LogP contribution in [0, 0.1) is 11.6 Å². The third-order valence-electron chi connectivity index (χ3n) is 2.40. The Morgan fingerprint density at radius 1 is 1.28 bits per heavy atom. The molecule has 0 aliphatic heterocycles. The monoisotopic (exact) mass is 324 g/mol. The second kappa shape index (κ2) is 6.21. The molecule has 0 aliphatic rings. The summed E-state index contributed by atoms with van der Waals surface area (Å²) in [6, 6.07) is 1.07. The van der Waals surface area contributed by atoms with Gasteiger partial charge in [-0.2, -0.15) is 0 Å². The first-order chi connectivity index (χ1) is 8.38. The van der Waals surface area contributed by atoms with Crippen molar-refractivity contribution in [1.82, 2.24) is 0 Å². The Morgan fingerprint density at radius 3 is 2.39 bits per heavy atom. The van der Waals surface area contributed by atoms with Crippen molar-refractivity contribution in [2.24, 2.45) is 0 Å². The van der Waals surface area contributed by atoms with E-state index < -0.39 is 40.9 Å². The van der Waals surface area contributed by atoms with Crippen LogP contribution in [0.2, 0.25) is 0 Å². The molecule has 1 aromatic rings. The molecule has 0 bridgehead atoms. The van der Waals surface area contributed by atoms with Gasteiger partial charge in [0.05, 0.1) is 11.7 Å². The maximum Gasteiger partial charge on any atom is 0.338 e. The highest BCUT2D eigenvalue weighted by Crippen LogP contribution is 2.25. The molecule has 0 radical (unpaired) electrons. The molecule has 0 aromatic heterocycles. The first kappa shape index (κ1) is 15.0. The summed E-state index contributed by atoms with van der Waals surface area (Å²) in [5.41, 5.74) is -1.20. The highest BCUT2D eigenvalue weighted by Gasteiger charge is 2.24. The van der Waals surface area contributed by atoms with Crippen molar-refractivity contribution in [3.8, 4) is 0 Å². The normalized spacial score (nSPS) is 14.3. The van der Waals surface area contributed by atoms with Gasteiger partial charge in [-0.1, -0.05) is 15.9 Å². The zero-order chi connectivity index (χ0) is 13.9. The molecule has 0 saturated carbocycles. The van der Waals surface area contributed by atoms with Crippen molar-refractivity contribution >= 4 is 21.9 Å². The van der Waals surface area contributed by atoms with Gasteiger partial charge >= 0.3 is 5.97 Å². The summed E-state index contributed by atoms with van der Waals surface area (Å²) in [6.07, 6.45) is -2.74. The molecule has 4 nitrogen and oxygen atoms in total. The van der Waals surface area contributed by atoms with Gasteiger partial charge in [0, 0.05) is 17.0 Å². The van der Waals surface area contributed by atoms with Crippen molar-refractivity contribution in [2.75, 3.05) is 5.33 Å². The molecule has 2 atom stereocenters. The number of aliphatic hydroxyl groups is 2. The van der Waals surface area contributed by atoms with Gasteiger partial charge in [0.25, 0.3) is 0 Å². The SMILES string of the molecule is O=C(O)c1cc(C(O)C(O)CCBr)c(F)cc1F. The molecule has 7 heteroatoms. The molecule has 0 heterocycles. The van der Waals surface area contributed by atoms with E-state index in [1.807, 2.05) is 0 Å². The van der Waals surface area contributed by atoms with Crippen molar-refractivity contribution in [3.63, 3.8) is 0 Å². The van der Waals surface area contributed by atoms with Crippen LogP contribution >= 0.6 is 15.9 Å². The van der Waals surface area contributed by atoms with Gasteiger partial charge in [0.2, 0.25) is 0 Å². The minimum atomic E-state index is -1.61. The Kier molecular flexibility index (Phi) is 5.18. The average molecular weight is 325 g/mol. The number of aromatic carboxylic acids is 1. The summed E-state index contributed by atoms with van der Waals surface area (Å²) in [6.45, 7) is 0. The zero-order valence-electron chi connectivity index (χ0n) is 9.11. The number of halogens is 3. The van der Waals surface area contributed by atoms with Gasteiger partial charge in [-0.15, -0.1) is 0 Å². The van der Waals surface area contributed by atoms with E-state index in [0.29, 0.717) is 17.5 Å². The highest BCUT2D eigenvalue weighted by atomic mass is 79.9. The second-order valence-corrected chi connectivity index (χ2v) is 4.44. The van der Waals surface area contributed by atoms with E-state index in [1.54, 1.807) is 0 Å². The summed E-state index contributed by atoms with van der Waals surface area (Å²) in [7, 11) is 0. The summed E-state index contributed by atoms with van der Waals surface area (Å²) < 4.78 is 26.6. The van der Waals surface area contributed by atoms with Crippen LogP contribution in [-0.2, 0) is 0 Å². The number of rotatable bonds is 5. The van der Waals surface area contributed by atoms with Crippen molar-refractivity contribution in [1.29, 1.82) is 0 Å². The maximum absolute atomic E-state index is 13.4. The molecular weight excluding hydrogens is 314 g/mol. The van der Waals surface area contributed by atoms with E-state index in [0.717, 1.165) is 0 Å². The van der Waals surface area contributed by atoms with E-state index in [-0.39, 0.29) is 6.42 Å². The molecule has 0 amide bonds. The molecule has 100 valence electrons. The third-order valence-corrected chi connectivity index (χ3v) is 2.86. The Morgan fingerprint density at radius 2 is 1.89 bits per heavy atom. The van der Waals surface area contributed by atoms with E-state index in [4.69, 9.17) is 5.11 Å². The number of benzene rings is 1. The minimum absolute atomic E-state index is 0.139. The molecule has 0 aliphatic carbocycles. The third kappa shape index (κ3) is 3.24. The highest BCUT2D eigenvalue weighted by molar-refractivity contribution is 9.09. The Balaban J connectivity index is 3.15. The second-order valence-electron chi connectivity index (χ2n) is 3.65. The number of hydrogen-bond donors (Lipinski definition) is 3. The molecule has 1 aromatic carbocycles. The number of alkyl halides is 1. The molecule has 0 fully saturated rings. The van der Waals surface area contributed by atoms with Crippen LogP contribution in [-0.4, -0.2) is 32.7 Å². The van der Waals surface area contributed by atoms with Crippen LogP contribution in [0.5, 0.6) is 0 Å². The molecule has 1 rings (SSSR count). The van der Waals surface area contributed by atoms with Gasteiger partial charge in [0.1, 0.15) is 17.7 Å². The smallest absolute Gasteiger partial charge is 0.338 e. The largest absolute Gasteiger partial charge is 0.478 e. The minimum Gasteiger partial charge on any atom is -0.478 e. The van der Waals surface area contributed by atoms with Gasteiger partial charge in [-0.05, 0) is 12.5 Å². The van der Waals surface area contributed by atoms with Gasteiger partial charge in [0.15, 0.2) is 0 Å². The maximum atomic E-state index is 13.4. The number of carboxylic acid groups (broad SMARTS) is 1. The molecule has 18 heavy (non-hydrogen) atoms. The van der Waals surface area contributed by atoms with Crippen molar-refractivity contribution < 1.29 is 28.9 Å². The van der Waals surface area contributed by atoms with Gasteiger partial charge in [-0.25, -0.2) is 13.6 Å². The molecule has 0 saturated heterocycles. The lowest BCUT2D eigenvalue weighted by atomic mass is 9.99. The number of carbonyl (C=O) groups is 1.